The van der Waals surface area contributed by atoms with E-state index in [0.29, 0.717) is 29.2 Å². The highest BCUT2D eigenvalue weighted by molar-refractivity contribution is 5.86. The largest absolute Gasteiger partial charge is 0.490 e. The fourth-order valence-corrected chi connectivity index (χ4v) is 3.78. The standard InChI is InChI=1S/C25H21N3O5/c26-17(9-16-11-27-21-4-2-1-3-19(16)21)14-32-18-10-20(22-5-6-23(33-22)25(29)30)24(28-12-18)15-7-8-31-13-15/h1-8,10-13,17,27H,9,14,26H2,(H,29,30)/t17-/m1/s1. The Balaban J connectivity index is 1.36. The summed E-state index contributed by atoms with van der Waals surface area (Å²) in [5.41, 5.74) is 10.5. The quantitative estimate of drug-likeness (QED) is 0.316. The zero-order valence-corrected chi connectivity index (χ0v) is 17.5. The van der Waals surface area contributed by atoms with Crippen LogP contribution in [-0.4, -0.2) is 33.7 Å². The van der Waals surface area contributed by atoms with Crippen molar-refractivity contribution < 1.29 is 23.5 Å². The topological polar surface area (TPSA) is 128 Å². The van der Waals surface area contributed by atoms with Crippen molar-refractivity contribution in [1.82, 2.24) is 9.97 Å². The van der Waals surface area contributed by atoms with Crippen molar-refractivity contribution in [3.8, 4) is 28.3 Å². The van der Waals surface area contributed by atoms with Crippen LogP contribution >= 0.6 is 0 Å². The van der Waals surface area contributed by atoms with Crippen LogP contribution in [0, 0.1) is 0 Å². The average Bonchev–Trinajstić information content (AvgIpc) is 3.59. The lowest BCUT2D eigenvalue weighted by molar-refractivity contribution is 0.0663. The number of aromatic nitrogens is 2. The van der Waals surface area contributed by atoms with Gasteiger partial charge < -0.3 is 29.4 Å². The van der Waals surface area contributed by atoms with Gasteiger partial charge in [0.15, 0.2) is 0 Å². The number of nitrogens with two attached hydrogens (primary N) is 1. The Kier molecular flexibility index (Phi) is 5.42. The van der Waals surface area contributed by atoms with E-state index < -0.39 is 5.97 Å². The molecular weight excluding hydrogens is 422 g/mol. The highest BCUT2D eigenvalue weighted by Gasteiger charge is 2.18. The summed E-state index contributed by atoms with van der Waals surface area (Å²) in [4.78, 5) is 19.0. The number of benzene rings is 1. The molecule has 4 heterocycles. The molecule has 0 saturated heterocycles. The van der Waals surface area contributed by atoms with Gasteiger partial charge in [0.25, 0.3) is 0 Å². The monoisotopic (exact) mass is 443 g/mol. The Hall–Kier alpha value is -4.30. The number of rotatable bonds is 8. The van der Waals surface area contributed by atoms with Gasteiger partial charge in [-0.1, -0.05) is 18.2 Å². The van der Waals surface area contributed by atoms with Crippen LogP contribution in [0.1, 0.15) is 16.1 Å². The Labute approximate surface area is 188 Å². The molecule has 4 aromatic heterocycles. The van der Waals surface area contributed by atoms with E-state index >= 15 is 0 Å². The number of carboxylic acid groups (broad SMARTS) is 1. The minimum absolute atomic E-state index is 0.157. The molecule has 0 bridgehead atoms. The number of aromatic amines is 1. The van der Waals surface area contributed by atoms with Crippen LogP contribution in [0.5, 0.6) is 5.75 Å². The lowest BCUT2D eigenvalue weighted by Crippen LogP contribution is -2.30. The first-order valence-corrected chi connectivity index (χ1v) is 10.4. The molecule has 0 aliphatic rings. The molecular formula is C25H21N3O5. The Morgan fingerprint density at radius 2 is 2.09 bits per heavy atom. The van der Waals surface area contributed by atoms with E-state index in [9.17, 15) is 9.90 Å². The number of aromatic carboxylic acids is 1. The van der Waals surface area contributed by atoms with Crippen molar-refractivity contribution in [3.05, 3.63) is 84.8 Å². The van der Waals surface area contributed by atoms with Crippen molar-refractivity contribution in [3.63, 3.8) is 0 Å². The van der Waals surface area contributed by atoms with Gasteiger partial charge in [0.1, 0.15) is 18.1 Å². The van der Waals surface area contributed by atoms with E-state index in [1.165, 1.54) is 6.07 Å². The second-order valence-corrected chi connectivity index (χ2v) is 7.68. The van der Waals surface area contributed by atoms with Gasteiger partial charge in [-0.25, -0.2) is 4.79 Å². The first-order valence-electron chi connectivity index (χ1n) is 10.4. The maximum absolute atomic E-state index is 11.3. The van der Waals surface area contributed by atoms with Gasteiger partial charge in [0.05, 0.1) is 24.4 Å². The number of hydrogen-bond acceptors (Lipinski definition) is 6. The third-order valence-electron chi connectivity index (χ3n) is 5.36. The molecule has 0 spiro atoms. The molecule has 1 aromatic carbocycles. The van der Waals surface area contributed by atoms with Crippen LogP contribution in [0.3, 0.4) is 0 Å². The molecule has 33 heavy (non-hydrogen) atoms. The molecule has 0 aliphatic carbocycles. The molecule has 8 nitrogen and oxygen atoms in total. The van der Waals surface area contributed by atoms with Gasteiger partial charge in [-0.2, -0.15) is 0 Å². The minimum atomic E-state index is -1.14. The highest BCUT2D eigenvalue weighted by atomic mass is 16.5. The van der Waals surface area contributed by atoms with Gasteiger partial charge in [0.2, 0.25) is 5.76 Å². The zero-order valence-electron chi connectivity index (χ0n) is 17.5. The first kappa shape index (κ1) is 20.6. The molecule has 4 N–H and O–H groups in total. The van der Waals surface area contributed by atoms with Gasteiger partial charge >= 0.3 is 5.97 Å². The molecule has 1 atom stereocenters. The van der Waals surface area contributed by atoms with Crippen LogP contribution in [0.4, 0.5) is 0 Å². The molecule has 0 aliphatic heterocycles. The number of carboxylic acids is 1. The summed E-state index contributed by atoms with van der Waals surface area (Å²) in [7, 11) is 0. The van der Waals surface area contributed by atoms with Crippen LogP contribution < -0.4 is 10.5 Å². The van der Waals surface area contributed by atoms with E-state index in [-0.39, 0.29) is 18.4 Å². The third kappa shape index (κ3) is 4.24. The van der Waals surface area contributed by atoms with Crippen molar-refractivity contribution >= 4 is 16.9 Å². The minimum Gasteiger partial charge on any atom is -0.490 e. The van der Waals surface area contributed by atoms with Crippen LogP contribution in [0.25, 0.3) is 33.5 Å². The lowest BCUT2D eigenvalue weighted by atomic mass is 10.1. The fourth-order valence-electron chi connectivity index (χ4n) is 3.78. The number of hydrogen-bond donors (Lipinski definition) is 3. The highest BCUT2D eigenvalue weighted by Crippen LogP contribution is 2.34. The van der Waals surface area contributed by atoms with Crippen LogP contribution in [-0.2, 0) is 6.42 Å². The van der Waals surface area contributed by atoms with E-state index in [1.807, 2.05) is 24.4 Å². The van der Waals surface area contributed by atoms with Gasteiger partial charge in [-0.3, -0.25) is 4.98 Å². The van der Waals surface area contributed by atoms with Gasteiger partial charge in [-0.05, 0) is 42.3 Å². The number of nitrogens with one attached hydrogen (secondary N) is 1. The van der Waals surface area contributed by atoms with Crippen molar-refractivity contribution in [1.29, 1.82) is 0 Å². The van der Waals surface area contributed by atoms with E-state index in [2.05, 4.69) is 16.0 Å². The average molecular weight is 443 g/mol. The predicted molar refractivity (Wildman–Crippen MR) is 122 cm³/mol. The fraction of sp³-hybridized carbons (Fsp3) is 0.120. The summed E-state index contributed by atoms with van der Waals surface area (Å²) >= 11 is 0. The molecule has 0 fully saturated rings. The van der Waals surface area contributed by atoms with Crippen molar-refractivity contribution in [2.24, 2.45) is 5.73 Å². The Morgan fingerprint density at radius 3 is 2.88 bits per heavy atom. The summed E-state index contributed by atoms with van der Waals surface area (Å²) in [5.74, 6) is -0.436. The van der Waals surface area contributed by atoms with E-state index in [0.717, 1.165) is 22.0 Å². The number of nitrogens with zero attached hydrogens (tertiary/aromatic N) is 1. The third-order valence-corrected chi connectivity index (χ3v) is 5.36. The summed E-state index contributed by atoms with van der Waals surface area (Å²) < 4.78 is 16.6. The summed E-state index contributed by atoms with van der Waals surface area (Å²) in [6.07, 6.45) is 7.33. The van der Waals surface area contributed by atoms with Crippen molar-refractivity contribution in [2.75, 3.05) is 6.61 Å². The number of H-pyrrole nitrogens is 1. The molecule has 5 aromatic rings. The van der Waals surface area contributed by atoms with E-state index in [1.54, 1.807) is 36.9 Å². The summed E-state index contributed by atoms with van der Waals surface area (Å²) in [6, 6.07) is 14.4. The second kappa shape index (κ2) is 8.68. The number of pyridine rings is 1. The van der Waals surface area contributed by atoms with Crippen LogP contribution in [0.15, 0.2) is 82.3 Å². The summed E-state index contributed by atoms with van der Waals surface area (Å²) in [6.45, 7) is 0.282. The smallest absolute Gasteiger partial charge is 0.371 e. The number of fused-ring (bicyclic) bond motifs is 1. The normalized spacial score (nSPS) is 12.2. The van der Waals surface area contributed by atoms with Crippen LogP contribution in [0.2, 0.25) is 0 Å². The second-order valence-electron chi connectivity index (χ2n) is 7.68. The number of para-hydroxylation sites is 1. The molecule has 0 saturated carbocycles. The molecule has 0 radical (unpaired) electrons. The predicted octanol–water partition coefficient (Wildman–Crippen LogP) is 4.73. The maximum Gasteiger partial charge on any atom is 0.371 e. The molecule has 0 unspecified atom stereocenters. The van der Waals surface area contributed by atoms with Crippen molar-refractivity contribution in [2.45, 2.75) is 12.5 Å². The number of carbonyl (C=O) groups is 1. The molecule has 8 heteroatoms. The maximum atomic E-state index is 11.3. The molecule has 0 amide bonds. The molecule has 166 valence electrons. The van der Waals surface area contributed by atoms with E-state index in [4.69, 9.17) is 19.3 Å². The SMILES string of the molecule is N[C@@H](COc1cnc(-c2ccoc2)c(-c2ccc(C(=O)O)o2)c1)Cc1c[nH]c2ccccc12. The Bertz CT molecular complexity index is 1400. The number of furan rings is 2. The number of ether oxygens (including phenoxy) is 1. The van der Waals surface area contributed by atoms with Gasteiger partial charge in [-0.15, -0.1) is 0 Å². The van der Waals surface area contributed by atoms with Gasteiger partial charge in [0, 0.05) is 34.3 Å². The Morgan fingerprint density at radius 1 is 1.21 bits per heavy atom. The summed E-state index contributed by atoms with van der Waals surface area (Å²) in [5, 5.41) is 10.4. The zero-order chi connectivity index (χ0) is 22.8. The lowest BCUT2D eigenvalue weighted by Gasteiger charge is -2.14. The molecule has 5 rings (SSSR count). The first-order chi connectivity index (χ1) is 16.1.